The molecule has 0 radical (unpaired) electrons. The normalized spacial score (nSPS) is 16.6. The van der Waals surface area contributed by atoms with Crippen molar-refractivity contribution in [3.05, 3.63) is 17.7 Å². The summed E-state index contributed by atoms with van der Waals surface area (Å²) in [6.45, 7) is 9.05. The highest BCUT2D eigenvalue weighted by Crippen LogP contribution is 2.17. The quantitative estimate of drug-likeness (QED) is 0.342. The van der Waals surface area contributed by atoms with Crippen molar-refractivity contribution < 1.29 is 28.1 Å². The topological polar surface area (TPSA) is 55.4 Å². The Hall–Kier alpha value is -1.05. The number of benzene rings is 1. The van der Waals surface area contributed by atoms with Crippen molar-refractivity contribution in [3.63, 3.8) is 0 Å². The number of hydrogen-bond acceptors (Lipinski definition) is 6. The summed E-state index contributed by atoms with van der Waals surface area (Å²) in [6, 6.07) is 4.25. The van der Waals surface area contributed by atoms with Gasteiger partial charge in [-0.3, -0.25) is 0 Å². The summed E-state index contributed by atoms with van der Waals surface area (Å²) in [5.74, 6) is 0.818. The number of rotatable bonds is 14. The van der Waals surface area contributed by atoms with Gasteiger partial charge in [0.15, 0.2) is 0 Å². The first-order valence-corrected chi connectivity index (χ1v) is 11.7. The van der Waals surface area contributed by atoms with Crippen LogP contribution in [0, 0.1) is 0 Å². The van der Waals surface area contributed by atoms with Crippen LogP contribution in [0.2, 0.25) is 0 Å². The number of hydrogen-bond donors (Lipinski definition) is 0. The molecule has 1 aromatic rings. The van der Waals surface area contributed by atoms with Gasteiger partial charge in [-0.05, 0) is 42.8 Å². The molecule has 8 heteroatoms. The molecule has 2 aliphatic heterocycles. The van der Waals surface area contributed by atoms with Crippen LogP contribution >= 0.6 is 0 Å². The van der Waals surface area contributed by atoms with Crippen molar-refractivity contribution in [2.24, 2.45) is 0 Å². The summed E-state index contributed by atoms with van der Waals surface area (Å²) in [5, 5.41) is 0. The standard InChI is InChI=1S/C22H36B2O6/c1-3-5-6-7-12-26-22-18-20(23-27-13-14-28-23)19(9-8-11-25-10-4-2)17-21(22)24-29-15-16-30-24/h17-18H,3-16H2,1-2H3. The predicted molar refractivity (Wildman–Crippen MR) is 120 cm³/mol. The Morgan fingerprint density at radius 1 is 0.733 bits per heavy atom. The third kappa shape index (κ3) is 6.99. The highest BCUT2D eigenvalue weighted by atomic mass is 16.6. The van der Waals surface area contributed by atoms with E-state index in [1.54, 1.807) is 0 Å². The lowest BCUT2D eigenvalue weighted by Gasteiger charge is -2.19. The van der Waals surface area contributed by atoms with Gasteiger partial charge in [-0.2, -0.15) is 0 Å². The maximum atomic E-state index is 6.21. The maximum Gasteiger partial charge on any atom is 0.497 e. The summed E-state index contributed by atoms with van der Waals surface area (Å²) < 4.78 is 35.2. The zero-order valence-corrected chi connectivity index (χ0v) is 18.7. The van der Waals surface area contributed by atoms with Gasteiger partial charge in [0.25, 0.3) is 0 Å². The molecular formula is C22H36B2O6. The predicted octanol–water partition coefficient (Wildman–Crippen LogP) is 2.49. The fraction of sp³-hybridized carbons (Fsp3) is 0.727. The minimum Gasteiger partial charge on any atom is -0.494 e. The average molecular weight is 418 g/mol. The Morgan fingerprint density at radius 3 is 2.10 bits per heavy atom. The molecule has 0 unspecified atom stereocenters. The Kier molecular flexibility index (Phi) is 10.5. The van der Waals surface area contributed by atoms with E-state index in [1.165, 1.54) is 24.8 Å². The van der Waals surface area contributed by atoms with Crippen molar-refractivity contribution in [2.45, 2.75) is 58.8 Å². The monoisotopic (exact) mass is 418 g/mol. The van der Waals surface area contributed by atoms with E-state index in [1.807, 2.05) is 0 Å². The molecule has 6 nitrogen and oxygen atoms in total. The molecule has 1 aromatic carbocycles. The molecule has 3 rings (SSSR count). The molecule has 0 N–H and O–H groups in total. The molecule has 2 heterocycles. The Bertz CT molecular complexity index is 564. The van der Waals surface area contributed by atoms with E-state index in [2.05, 4.69) is 26.0 Å². The van der Waals surface area contributed by atoms with Crippen LogP contribution in [0.3, 0.4) is 0 Å². The summed E-state index contributed by atoms with van der Waals surface area (Å²) in [5.41, 5.74) is 3.21. The first kappa shape index (κ1) is 23.6. The van der Waals surface area contributed by atoms with Gasteiger partial charge < -0.3 is 28.1 Å². The molecular weight excluding hydrogens is 382 g/mol. The van der Waals surface area contributed by atoms with Gasteiger partial charge in [-0.25, -0.2) is 0 Å². The van der Waals surface area contributed by atoms with Gasteiger partial charge in [-0.15, -0.1) is 0 Å². The van der Waals surface area contributed by atoms with Gasteiger partial charge in [0.2, 0.25) is 0 Å². The van der Waals surface area contributed by atoms with E-state index >= 15 is 0 Å². The first-order chi connectivity index (χ1) is 14.8. The van der Waals surface area contributed by atoms with Crippen molar-refractivity contribution in [1.29, 1.82) is 0 Å². The molecule has 30 heavy (non-hydrogen) atoms. The van der Waals surface area contributed by atoms with Crippen LogP contribution < -0.4 is 15.7 Å². The lowest BCUT2D eigenvalue weighted by atomic mass is 9.70. The lowest BCUT2D eigenvalue weighted by molar-refractivity contribution is 0.132. The number of unbranched alkanes of at least 4 members (excludes halogenated alkanes) is 3. The Morgan fingerprint density at radius 2 is 1.43 bits per heavy atom. The van der Waals surface area contributed by atoms with Gasteiger partial charge >= 0.3 is 14.2 Å². The molecule has 2 saturated heterocycles. The van der Waals surface area contributed by atoms with Crippen LogP contribution in [0.1, 0.15) is 57.9 Å². The molecule has 0 spiro atoms. The van der Waals surface area contributed by atoms with Crippen LogP contribution in [0.5, 0.6) is 5.75 Å². The van der Waals surface area contributed by atoms with Crippen LogP contribution in [-0.2, 0) is 29.8 Å². The molecule has 2 aliphatic rings. The Labute approximate surface area is 182 Å². The van der Waals surface area contributed by atoms with Crippen molar-refractivity contribution in [1.82, 2.24) is 0 Å². The zero-order chi connectivity index (χ0) is 21.0. The molecule has 0 atom stereocenters. The largest absolute Gasteiger partial charge is 0.497 e. The summed E-state index contributed by atoms with van der Waals surface area (Å²) in [4.78, 5) is 0. The molecule has 166 valence electrons. The molecule has 0 aromatic heterocycles. The zero-order valence-electron chi connectivity index (χ0n) is 18.7. The maximum absolute atomic E-state index is 6.21. The second-order valence-electron chi connectivity index (χ2n) is 7.86. The first-order valence-electron chi connectivity index (χ1n) is 11.7. The summed E-state index contributed by atoms with van der Waals surface area (Å²) in [6.07, 6.45) is 7.55. The fourth-order valence-electron chi connectivity index (χ4n) is 3.80. The second-order valence-corrected chi connectivity index (χ2v) is 7.86. The average Bonchev–Trinajstić information content (AvgIpc) is 3.48. The van der Waals surface area contributed by atoms with Crippen molar-refractivity contribution in [3.8, 4) is 5.75 Å². The highest BCUT2D eigenvalue weighted by molar-refractivity contribution is 6.65. The summed E-state index contributed by atoms with van der Waals surface area (Å²) >= 11 is 0. The lowest BCUT2D eigenvalue weighted by Crippen LogP contribution is -2.40. The van der Waals surface area contributed by atoms with E-state index in [0.717, 1.165) is 55.6 Å². The molecule has 2 fully saturated rings. The highest BCUT2D eigenvalue weighted by Gasteiger charge is 2.34. The number of aryl methyl sites for hydroxylation is 1. The van der Waals surface area contributed by atoms with Gasteiger partial charge in [0.05, 0.1) is 33.0 Å². The van der Waals surface area contributed by atoms with Gasteiger partial charge in [0, 0.05) is 18.7 Å². The van der Waals surface area contributed by atoms with E-state index in [4.69, 9.17) is 28.1 Å². The van der Waals surface area contributed by atoms with Crippen molar-refractivity contribution in [2.75, 3.05) is 46.2 Å². The van der Waals surface area contributed by atoms with Crippen LogP contribution in [0.4, 0.5) is 0 Å². The summed E-state index contributed by atoms with van der Waals surface area (Å²) in [7, 11) is -0.705. The van der Waals surface area contributed by atoms with Crippen LogP contribution in [0.25, 0.3) is 0 Å². The van der Waals surface area contributed by atoms with Gasteiger partial charge in [-0.1, -0.05) is 39.2 Å². The fourth-order valence-corrected chi connectivity index (χ4v) is 3.80. The SMILES string of the molecule is CCCCCCOc1cc(B2OCCO2)c(CCCOCCC)cc1B1OCCO1. The van der Waals surface area contributed by atoms with E-state index in [0.29, 0.717) is 33.0 Å². The third-order valence-corrected chi connectivity index (χ3v) is 5.36. The minimum absolute atomic E-state index is 0.335. The van der Waals surface area contributed by atoms with E-state index in [-0.39, 0.29) is 14.2 Å². The van der Waals surface area contributed by atoms with Gasteiger partial charge in [0.1, 0.15) is 5.75 Å². The van der Waals surface area contributed by atoms with E-state index in [9.17, 15) is 0 Å². The minimum atomic E-state index is -0.370. The van der Waals surface area contributed by atoms with Crippen LogP contribution in [0.15, 0.2) is 12.1 Å². The smallest absolute Gasteiger partial charge is 0.494 e. The number of ether oxygens (including phenoxy) is 2. The van der Waals surface area contributed by atoms with Crippen LogP contribution in [-0.4, -0.2) is 60.5 Å². The molecule has 0 saturated carbocycles. The Balaban J connectivity index is 1.77. The third-order valence-electron chi connectivity index (χ3n) is 5.36. The molecule has 0 aliphatic carbocycles. The second kappa shape index (κ2) is 13.4. The molecule has 0 amide bonds. The van der Waals surface area contributed by atoms with E-state index < -0.39 is 0 Å². The van der Waals surface area contributed by atoms with Crippen molar-refractivity contribution >= 4 is 25.2 Å². The molecule has 0 bridgehead atoms.